The Morgan fingerprint density at radius 3 is 2.86 bits per heavy atom. The Labute approximate surface area is 133 Å². The van der Waals surface area contributed by atoms with E-state index in [1.165, 1.54) is 7.11 Å². The Morgan fingerprint density at radius 2 is 2.32 bits per heavy atom. The highest BCUT2D eigenvalue weighted by Gasteiger charge is 2.27. The Kier molecular flexibility index (Phi) is 5.63. The highest BCUT2D eigenvalue weighted by atomic mass is 35.5. The summed E-state index contributed by atoms with van der Waals surface area (Å²) in [5.74, 6) is -0.463. The number of carbonyl (C=O) groups is 2. The van der Waals surface area contributed by atoms with Crippen molar-refractivity contribution in [3.8, 4) is 5.75 Å². The number of nitrogens with two attached hydrogens (primary N) is 1. The lowest BCUT2D eigenvalue weighted by Gasteiger charge is -2.18. The molecule has 2 amide bonds. The average molecular weight is 327 g/mol. The van der Waals surface area contributed by atoms with Crippen LogP contribution in [0.4, 0.5) is 0 Å². The Morgan fingerprint density at radius 1 is 1.55 bits per heavy atom. The van der Waals surface area contributed by atoms with Crippen LogP contribution in [0.25, 0.3) is 0 Å². The zero-order valence-corrected chi connectivity index (χ0v) is 13.1. The van der Waals surface area contributed by atoms with E-state index in [2.05, 4.69) is 5.32 Å². The quantitative estimate of drug-likeness (QED) is 0.812. The maximum atomic E-state index is 12.1. The molecule has 0 bridgehead atoms. The van der Waals surface area contributed by atoms with Crippen LogP contribution in [0.1, 0.15) is 12.0 Å². The van der Waals surface area contributed by atoms with E-state index in [0.29, 0.717) is 30.4 Å². The van der Waals surface area contributed by atoms with E-state index in [9.17, 15) is 9.59 Å². The third kappa shape index (κ3) is 4.11. The molecular formula is C15H19ClN2O4. The van der Waals surface area contributed by atoms with Gasteiger partial charge in [0.15, 0.2) is 0 Å². The minimum absolute atomic E-state index is 0.207. The van der Waals surface area contributed by atoms with Gasteiger partial charge in [-0.1, -0.05) is 17.7 Å². The Balaban J connectivity index is 2.03. The van der Waals surface area contributed by atoms with Crippen molar-refractivity contribution in [2.24, 2.45) is 11.7 Å². The summed E-state index contributed by atoms with van der Waals surface area (Å²) < 4.78 is 10.2. The van der Waals surface area contributed by atoms with Crippen molar-refractivity contribution in [2.45, 2.75) is 18.9 Å². The van der Waals surface area contributed by atoms with Gasteiger partial charge in [-0.25, -0.2) is 0 Å². The number of benzene rings is 1. The summed E-state index contributed by atoms with van der Waals surface area (Å²) in [6.45, 7) is 0.944. The fourth-order valence-corrected chi connectivity index (χ4v) is 2.61. The lowest BCUT2D eigenvalue weighted by molar-refractivity contribution is -0.129. The first kappa shape index (κ1) is 16.6. The standard InChI is InChI=1S/C15H19ClN2O4/c1-21-13-3-2-9(6-11(13)16)7-12(14(17)19)18-15(20)10-4-5-22-8-10/h2-3,6,10,12H,4-5,7-8H2,1H3,(H2,17,19)(H,18,20)/t10-,12+/m1/s1. The van der Waals surface area contributed by atoms with Gasteiger partial charge in [-0.2, -0.15) is 0 Å². The number of rotatable bonds is 6. The summed E-state index contributed by atoms with van der Waals surface area (Å²) in [6.07, 6.45) is 0.935. The molecular weight excluding hydrogens is 308 g/mol. The van der Waals surface area contributed by atoms with E-state index in [-0.39, 0.29) is 18.2 Å². The SMILES string of the molecule is COc1ccc(C[C@H](NC(=O)[C@@H]2CCOC2)C(N)=O)cc1Cl. The second kappa shape index (κ2) is 7.47. The monoisotopic (exact) mass is 326 g/mol. The number of hydrogen-bond donors (Lipinski definition) is 2. The number of ether oxygens (including phenoxy) is 2. The van der Waals surface area contributed by atoms with Crippen LogP contribution in [0.5, 0.6) is 5.75 Å². The van der Waals surface area contributed by atoms with E-state index in [1.54, 1.807) is 18.2 Å². The summed E-state index contributed by atoms with van der Waals surface area (Å²) in [5.41, 5.74) is 6.17. The van der Waals surface area contributed by atoms with Gasteiger partial charge in [0.05, 0.1) is 24.7 Å². The fourth-order valence-electron chi connectivity index (χ4n) is 2.33. The van der Waals surface area contributed by atoms with Crippen molar-refractivity contribution in [2.75, 3.05) is 20.3 Å². The van der Waals surface area contributed by atoms with Gasteiger partial charge in [-0.3, -0.25) is 9.59 Å². The van der Waals surface area contributed by atoms with Crippen LogP contribution in [0.2, 0.25) is 5.02 Å². The molecule has 1 aliphatic heterocycles. The number of hydrogen-bond acceptors (Lipinski definition) is 4. The third-order valence-electron chi connectivity index (χ3n) is 3.62. The van der Waals surface area contributed by atoms with E-state index < -0.39 is 11.9 Å². The van der Waals surface area contributed by atoms with Crippen molar-refractivity contribution in [1.82, 2.24) is 5.32 Å². The summed E-state index contributed by atoms with van der Waals surface area (Å²) in [4.78, 5) is 23.7. The van der Waals surface area contributed by atoms with Gasteiger partial charge in [-0.15, -0.1) is 0 Å². The molecule has 0 spiro atoms. The first-order valence-electron chi connectivity index (χ1n) is 7.01. The highest BCUT2D eigenvalue weighted by molar-refractivity contribution is 6.32. The van der Waals surface area contributed by atoms with Gasteiger partial charge in [0, 0.05) is 13.0 Å². The van der Waals surface area contributed by atoms with Crippen LogP contribution in [0, 0.1) is 5.92 Å². The van der Waals surface area contributed by atoms with Gasteiger partial charge in [0.1, 0.15) is 11.8 Å². The predicted octanol–water partition coefficient (Wildman–Crippen LogP) is 0.898. The van der Waals surface area contributed by atoms with Crippen LogP contribution in [0.15, 0.2) is 18.2 Å². The van der Waals surface area contributed by atoms with Crippen molar-refractivity contribution in [3.05, 3.63) is 28.8 Å². The van der Waals surface area contributed by atoms with Gasteiger partial charge < -0.3 is 20.5 Å². The first-order valence-corrected chi connectivity index (χ1v) is 7.39. The molecule has 1 aromatic rings. The average Bonchev–Trinajstić information content (AvgIpc) is 3.01. The molecule has 0 unspecified atom stereocenters. The normalized spacial score (nSPS) is 18.7. The lowest BCUT2D eigenvalue weighted by Crippen LogP contribution is -2.48. The number of primary amides is 1. The maximum absolute atomic E-state index is 12.1. The van der Waals surface area contributed by atoms with Crippen LogP contribution < -0.4 is 15.8 Å². The van der Waals surface area contributed by atoms with Crippen LogP contribution in [-0.4, -0.2) is 38.2 Å². The van der Waals surface area contributed by atoms with Gasteiger partial charge in [-0.05, 0) is 24.1 Å². The topological polar surface area (TPSA) is 90.7 Å². The summed E-state index contributed by atoms with van der Waals surface area (Å²) in [6, 6.07) is 4.41. The minimum atomic E-state index is -0.780. The van der Waals surface area contributed by atoms with E-state index in [0.717, 1.165) is 5.56 Å². The molecule has 3 N–H and O–H groups in total. The zero-order chi connectivity index (χ0) is 16.1. The fraction of sp³-hybridized carbons (Fsp3) is 0.467. The van der Waals surface area contributed by atoms with E-state index in [4.69, 9.17) is 26.8 Å². The Bertz CT molecular complexity index is 558. The lowest BCUT2D eigenvalue weighted by atomic mass is 10.0. The summed E-state index contributed by atoms with van der Waals surface area (Å²) in [7, 11) is 1.52. The second-order valence-corrected chi connectivity index (χ2v) is 5.60. The molecule has 22 heavy (non-hydrogen) atoms. The number of nitrogens with one attached hydrogen (secondary N) is 1. The molecule has 0 aromatic heterocycles. The highest BCUT2D eigenvalue weighted by Crippen LogP contribution is 2.25. The molecule has 1 fully saturated rings. The van der Waals surface area contributed by atoms with Gasteiger partial charge in [0.25, 0.3) is 0 Å². The maximum Gasteiger partial charge on any atom is 0.240 e. The van der Waals surface area contributed by atoms with Gasteiger partial charge >= 0.3 is 0 Å². The molecule has 1 aliphatic rings. The number of methoxy groups -OCH3 is 1. The molecule has 1 aromatic carbocycles. The molecule has 0 saturated carbocycles. The largest absolute Gasteiger partial charge is 0.495 e. The molecule has 7 heteroatoms. The summed E-state index contributed by atoms with van der Waals surface area (Å²) in [5, 5.41) is 3.13. The summed E-state index contributed by atoms with van der Waals surface area (Å²) >= 11 is 6.06. The molecule has 2 atom stereocenters. The zero-order valence-electron chi connectivity index (χ0n) is 12.3. The van der Waals surface area contributed by atoms with Crippen LogP contribution >= 0.6 is 11.6 Å². The van der Waals surface area contributed by atoms with Gasteiger partial charge in [0.2, 0.25) is 11.8 Å². The first-order chi connectivity index (χ1) is 10.5. The molecule has 0 aliphatic carbocycles. The number of carbonyl (C=O) groups excluding carboxylic acids is 2. The van der Waals surface area contributed by atoms with E-state index in [1.807, 2.05) is 0 Å². The smallest absolute Gasteiger partial charge is 0.240 e. The van der Waals surface area contributed by atoms with E-state index >= 15 is 0 Å². The molecule has 0 radical (unpaired) electrons. The number of halogens is 1. The molecule has 2 rings (SSSR count). The Hall–Kier alpha value is -1.79. The molecule has 6 nitrogen and oxygen atoms in total. The van der Waals surface area contributed by atoms with Crippen molar-refractivity contribution >= 4 is 23.4 Å². The van der Waals surface area contributed by atoms with Crippen molar-refractivity contribution in [3.63, 3.8) is 0 Å². The number of amides is 2. The predicted molar refractivity (Wildman–Crippen MR) is 81.8 cm³/mol. The van der Waals surface area contributed by atoms with Crippen LogP contribution in [-0.2, 0) is 20.7 Å². The molecule has 1 heterocycles. The van der Waals surface area contributed by atoms with Crippen molar-refractivity contribution < 1.29 is 19.1 Å². The third-order valence-corrected chi connectivity index (χ3v) is 3.91. The van der Waals surface area contributed by atoms with Crippen LogP contribution in [0.3, 0.4) is 0 Å². The minimum Gasteiger partial charge on any atom is -0.495 e. The van der Waals surface area contributed by atoms with Crippen molar-refractivity contribution in [1.29, 1.82) is 0 Å². The second-order valence-electron chi connectivity index (χ2n) is 5.20. The molecule has 120 valence electrons. The molecule has 1 saturated heterocycles.